The maximum atomic E-state index is 11.1. The molecule has 0 aromatic carbocycles. The first-order valence-electron chi connectivity index (χ1n) is 4.89. The highest BCUT2D eigenvalue weighted by molar-refractivity contribution is 5.73. The monoisotopic (exact) mass is 209 g/mol. The summed E-state index contributed by atoms with van der Waals surface area (Å²) in [5.41, 5.74) is 0.825. The van der Waals surface area contributed by atoms with Crippen molar-refractivity contribution in [2.45, 2.75) is 39.5 Å². The second-order valence-corrected chi connectivity index (χ2v) is 4.64. The number of ether oxygens (including phenoxy) is 1. The number of carbonyl (C=O) groups is 1. The van der Waals surface area contributed by atoms with Crippen molar-refractivity contribution >= 4 is 5.97 Å². The maximum Gasteiger partial charge on any atom is 0.310 e. The van der Waals surface area contributed by atoms with Gasteiger partial charge in [0.1, 0.15) is 18.6 Å². The standard InChI is InChI=1S/C12H17O3/c1-8-9(7-11(13)14-5)6-10(15-8)12(2,3)4/h6H,5,7H2,1-4H3. The minimum atomic E-state index is -0.348. The molecule has 0 N–H and O–H groups in total. The lowest BCUT2D eigenvalue weighted by molar-refractivity contribution is -0.137. The van der Waals surface area contributed by atoms with Gasteiger partial charge < -0.3 is 9.15 Å². The highest BCUT2D eigenvalue weighted by atomic mass is 16.5. The van der Waals surface area contributed by atoms with Crippen LogP contribution in [-0.4, -0.2) is 5.97 Å². The number of furan rings is 1. The third-order valence-corrected chi connectivity index (χ3v) is 2.26. The van der Waals surface area contributed by atoms with Gasteiger partial charge in [-0.3, -0.25) is 4.79 Å². The molecule has 0 aliphatic heterocycles. The summed E-state index contributed by atoms with van der Waals surface area (Å²) in [6, 6.07) is 1.91. The smallest absolute Gasteiger partial charge is 0.310 e. The van der Waals surface area contributed by atoms with Crippen molar-refractivity contribution in [2.24, 2.45) is 0 Å². The number of carbonyl (C=O) groups excluding carboxylic acids is 1. The van der Waals surface area contributed by atoms with E-state index in [0.29, 0.717) is 0 Å². The number of rotatable bonds is 2. The fraction of sp³-hybridized carbons (Fsp3) is 0.500. The van der Waals surface area contributed by atoms with E-state index in [1.807, 2.05) is 13.0 Å². The molecule has 83 valence electrons. The van der Waals surface area contributed by atoms with Crippen LogP contribution in [0.2, 0.25) is 0 Å². The van der Waals surface area contributed by atoms with E-state index in [0.717, 1.165) is 17.1 Å². The number of hydrogen-bond donors (Lipinski definition) is 0. The molecule has 1 aromatic heterocycles. The average Bonchev–Trinajstić information content (AvgIpc) is 2.47. The van der Waals surface area contributed by atoms with Crippen LogP contribution in [0.15, 0.2) is 10.5 Å². The van der Waals surface area contributed by atoms with Crippen LogP contribution in [0.1, 0.15) is 37.9 Å². The molecule has 15 heavy (non-hydrogen) atoms. The summed E-state index contributed by atoms with van der Waals surface area (Å²) >= 11 is 0. The second kappa shape index (κ2) is 4.09. The van der Waals surface area contributed by atoms with Crippen molar-refractivity contribution in [3.05, 3.63) is 30.3 Å². The van der Waals surface area contributed by atoms with Crippen molar-refractivity contribution in [2.75, 3.05) is 0 Å². The number of hydrogen-bond acceptors (Lipinski definition) is 3. The molecule has 0 amide bonds. The van der Waals surface area contributed by atoms with E-state index < -0.39 is 0 Å². The van der Waals surface area contributed by atoms with Crippen LogP contribution >= 0.6 is 0 Å². The van der Waals surface area contributed by atoms with E-state index >= 15 is 0 Å². The van der Waals surface area contributed by atoms with Crippen molar-refractivity contribution in [3.63, 3.8) is 0 Å². The Kier molecular flexibility index (Phi) is 3.22. The summed E-state index contributed by atoms with van der Waals surface area (Å²) in [7, 11) is 3.09. The van der Waals surface area contributed by atoms with Crippen LogP contribution < -0.4 is 0 Å². The molecule has 1 heterocycles. The molecule has 0 fully saturated rings. The zero-order valence-electron chi connectivity index (χ0n) is 9.72. The van der Waals surface area contributed by atoms with E-state index in [4.69, 9.17) is 4.42 Å². The largest absolute Gasteiger partial charge is 0.466 e. The summed E-state index contributed by atoms with van der Waals surface area (Å²) in [5.74, 6) is 1.30. The van der Waals surface area contributed by atoms with Gasteiger partial charge in [-0.25, -0.2) is 0 Å². The molecular formula is C12H17O3. The van der Waals surface area contributed by atoms with Crippen molar-refractivity contribution in [1.82, 2.24) is 0 Å². The van der Waals surface area contributed by atoms with Crippen LogP contribution in [0.4, 0.5) is 0 Å². The first kappa shape index (κ1) is 11.8. The Hall–Kier alpha value is -1.25. The van der Waals surface area contributed by atoms with Crippen LogP contribution in [-0.2, 0) is 21.4 Å². The van der Waals surface area contributed by atoms with Gasteiger partial charge in [0.2, 0.25) is 0 Å². The lowest BCUT2D eigenvalue weighted by Gasteiger charge is -2.13. The molecule has 3 heteroatoms. The Morgan fingerprint density at radius 2 is 2.13 bits per heavy atom. The van der Waals surface area contributed by atoms with Gasteiger partial charge in [-0.1, -0.05) is 20.8 Å². The van der Waals surface area contributed by atoms with Crippen LogP contribution in [0.5, 0.6) is 0 Å². The highest BCUT2D eigenvalue weighted by Gasteiger charge is 2.21. The number of esters is 1. The van der Waals surface area contributed by atoms with E-state index in [1.165, 1.54) is 0 Å². The Morgan fingerprint density at radius 3 is 2.53 bits per heavy atom. The van der Waals surface area contributed by atoms with E-state index in [9.17, 15) is 4.79 Å². The molecular weight excluding hydrogens is 192 g/mol. The first-order valence-corrected chi connectivity index (χ1v) is 4.89. The van der Waals surface area contributed by atoms with Crippen LogP contribution in [0.25, 0.3) is 0 Å². The van der Waals surface area contributed by atoms with E-state index in [1.54, 1.807) is 0 Å². The fourth-order valence-electron chi connectivity index (χ4n) is 1.27. The molecule has 0 saturated carbocycles. The molecule has 0 unspecified atom stereocenters. The molecule has 1 aromatic rings. The van der Waals surface area contributed by atoms with Crippen molar-refractivity contribution < 1.29 is 13.9 Å². The lowest BCUT2D eigenvalue weighted by atomic mass is 9.93. The molecule has 1 rings (SSSR count). The van der Waals surface area contributed by atoms with E-state index in [-0.39, 0.29) is 17.8 Å². The van der Waals surface area contributed by atoms with Crippen LogP contribution in [0, 0.1) is 14.0 Å². The Bertz CT molecular complexity index is 355. The third-order valence-electron chi connectivity index (χ3n) is 2.26. The van der Waals surface area contributed by atoms with Gasteiger partial charge in [-0.05, 0) is 13.0 Å². The molecule has 0 saturated heterocycles. The zero-order valence-corrected chi connectivity index (χ0v) is 9.72. The Balaban J connectivity index is 2.92. The fourth-order valence-corrected chi connectivity index (χ4v) is 1.27. The SMILES string of the molecule is [CH2]OC(=O)Cc1cc(C(C)(C)C)oc1C. The minimum Gasteiger partial charge on any atom is -0.466 e. The summed E-state index contributed by atoms with van der Waals surface area (Å²) in [6.07, 6.45) is 0.217. The van der Waals surface area contributed by atoms with Gasteiger partial charge in [-0.15, -0.1) is 0 Å². The third kappa shape index (κ3) is 2.85. The molecule has 0 bridgehead atoms. The predicted molar refractivity (Wildman–Crippen MR) is 57.3 cm³/mol. The van der Waals surface area contributed by atoms with Gasteiger partial charge in [0.25, 0.3) is 0 Å². The van der Waals surface area contributed by atoms with Gasteiger partial charge >= 0.3 is 5.97 Å². The summed E-state index contributed by atoms with van der Waals surface area (Å²) < 4.78 is 9.97. The molecule has 0 aliphatic rings. The minimum absolute atomic E-state index is 0.0443. The Morgan fingerprint density at radius 1 is 1.53 bits per heavy atom. The number of aryl methyl sites for hydroxylation is 1. The van der Waals surface area contributed by atoms with E-state index in [2.05, 4.69) is 32.6 Å². The van der Waals surface area contributed by atoms with Gasteiger partial charge in [0, 0.05) is 11.0 Å². The van der Waals surface area contributed by atoms with Gasteiger partial charge in [0.05, 0.1) is 6.42 Å². The predicted octanol–water partition coefficient (Wildman–Crippen LogP) is 2.76. The van der Waals surface area contributed by atoms with Crippen molar-refractivity contribution in [3.8, 4) is 0 Å². The molecule has 0 spiro atoms. The van der Waals surface area contributed by atoms with Gasteiger partial charge in [-0.2, -0.15) is 0 Å². The van der Waals surface area contributed by atoms with Crippen molar-refractivity contribution in [1.29, 1.82) is 0 Å². The molecule has 0 aliphatic carbocycles. The Labute approximate surface area is 90.4 Å². The first-order chi connectivity index (χ1) is 6.84. The van der Waals surface area contributed by atoms with Gasteiger partial charge in [0.15, 0.2) is 0 Å². The lowest BCUT2D eigenvalue weighted by Crippen LogP contribution is -2.09. The quantitative estimate of drug-likeness (QED) is 0.703. The summed E-state index contributed by atoms with van der Waals surface area (Å²) in [6.45, 7) is 8.04. The normalized spacial score (nSPS) is 11.5. The highest BCUT2D eigenvalue weighted by Crippen LogP contribution is 2.27. The zero-order chi connectivity index (χ0) is 11.6. The molecule has 1 radical (unpaired) electrons. The average molecular weight is 209 g/mol. The summed E-state index contributed by atoms with van der Waals surface area (Å²) in [5, 5.41) is 0. The second-order valence-electron chi connectivity index (χ2n) is 4.64. The molecule has 3 nitrogen and oxygen atoms in total. The molecule has 0 atom stereocenters. The summed E-state index contributed by atoms with van der Waals surface area (Å²) in [4.78, 5) is 11.1. The van der Waals surface area contributed by atoms with Crippen LogP contribution in [0.3, 0.4) is 0 Å². The topological polar surface area (TPSA) is 39.4 Å². The maximum absolute atomic E-state index is 11.1.